The highest BCUT2D eigenvalue weighted by Gasteiger charge is 2.53. The Labute approximate surface area is 459 Å². The number of hydrogen-bond donors (Lipinski definition) is 12. The minimum absolute atomic E-state index is 0.221. The fourth-order valence-electron chi connectivity index (χ4n) is 9.69. The molecule has 0 saturated carbocycles. The smallest absolute Gasteiger partial charge is 0.220 e. The van der Waals surface area contributed by atoms with Gasteiger partial charge in [0.05, 0.1) is 38.6 Å². The van der Waals surface area contributed by atoms with E-state index in [0.717, 1.165) is 64.2 Å². The monoisotopic (exact) mass is 1100 g/mol. The van der Waals surface area contributed by atoms with Crippen LogP contribution in [0.1, 0.15) is 181 Å². The van der Waals surface area contributed by atoms with Gasteiger partial charge in [-0.05, 0) is 70.6 Å². The van der Waals surface area contributed by atoms with Crippen LogP contribution in [0.5, 0.6) is 0 Å². The molecule has 19 heteroatoms. The average molecular weight is 1100 g/mol. The maximum Gasteiger partial charge on any atom is 0.220 e. The van der Waals surface area contributed by atoms with Crippen molar-refractivity contribution in [1.29, 1.82) is 0 Å². The number of aliphatic hydroxyl groups excluding tert-OH is 11. The van der Waals surface area contributed by atoms with Crippen LogP contribution in [0.3, 0.4) is 0 Å². The SMILES string of the molecule is CCCCCCCC/C=C\CCCCCCCC(=O)NC(COC1OC(CO)C(OC2OC(CO)C(OC3OC(CO)C(O)C(O)C3O)C(O)C2O)C(O)C1O)C(O)/C=C/CC/C=C/CC/C=C/CCCCCCCCC. The molecule has 0 aromatic carbocycles. The van der Waals surface area contributed by atoms with Crippen molar-refractivity contribution in [2.45, 2.75) is 285 Å². The second kappa shape index (κ2) is 41.7. The summed E-state index contributed by atoms with van der Waals surface area (Å²) in [6.45, 7) is 1.66. The van der Waals surface area contributed by atoms with Gasteiger partial charge >= 0.3 is 0 Å². The number of hydrogen-bond acceptors (Lipinski definition) is 18. The van der Waals surface area contributed by atoms with Crippen molar-refractivity contribution in [3.63, 3.8) is 0 Å². The van der Waals surface area contributed by atoms with E-state index >= 15 is 0 Å². The normalized spacial score (nSPS) is 31.1. The molecule has 3 rings (SSSR count). The van der Waals surface area contributed by atoms with Crippen molar-refractivity contribution in [1.82, 2.24) is 5.32 Å². The van der Waals surface area contributed by atoms with Gasteiger partial charge in [-0.2, -0.15) is 0 Å². The Morgan fingerprint density at radius 3 is 1.30 bits per heavy atom. The van der Waals surface area contributed by atoms with Gasteiger partial charge in [-0.3, -0.25) is 4.79 Å². The summed E-state index contributed by atoms with van der Waals surface area (Å²) in [4.78, 5) is 13.3. The quantitative estimate of drug-likeness (QED) is 0.0291. The lowest BCUT2D eigenvalue weighted by atomic mass is 9.96. The first-order valence-electron chi connectivity index (χ1n) is 29.4. The van der Waals surface area contributed by atoms with Gasteiger partial charge in [0.2, 0.25) is 5.91 Å². The Morgan fingerprint density at radius 1 is 0.455 bits per heavy atom. The van der Waals surface area contributed by atoms with Gasteiger partial charge in [0.1, 0.15) is 73.2 Å². The average Bonchev–Trinajstić information content (AvgIpc) is 3.43. The van der Waals surface area contributed by atoms with Crippen LogP contribution in [0.25, 0.3) is 0 Å². The third-order valence-electron chi connectivity index (χ3n) is 14.6. The molecule has 12 N–H and O–H groups in total. The first-order valence-corrected chi connectivity index (χ1v) is 29.4. The third kappa shape index (κ3) is 26.0. The van der Waals surface area contributed by atoms with E-state index < -0.39 is 124 Å². The summed E-state index contributed by atoms with van der Waals surface area (Å²) in [5.74, 6) is -0.301. The van der Waals surface area contributed by atoms with E-state index in [-0.39, 0.29) is 18.9 Å². The molecular weight excluding hydrogens is 999 g/mol. The number of unbranched alkanes of at least 4 members (excludes halogenated alkanes) is 20. The summed E-state index contributed by atoms with van der Waals surface area (Å²) < 4.78 is 34.2. The molecule has 0 radical (unpaired) electrons. The summed E-state index contributed by atoms with van der Waals surface area (Å²) in [6.07, 6.45) is 18.1. The maximum absolute atomic E-state index is 13.3. The van der Waals surface area contributed by atoms with E-state index in [1.54, 1.807) is 6.08 Å². The van der Waals surface area contributed by atoms with Crippen LogP contribution in [0.2, 0.25) is 0 Å². The van der Waals surface area contributed by atoms with E-state index in [0.29, 0.717) is 12.8 Å². The zero-order chi connectivity index (χ0) is 56.2. The summed E-state index contributed by atoms with van der Waals surface area (Å²) in [6, 6.07) is -0.999. The number of carbonyl (C=O) groups excluding carboxylic acids is 1. The Hall–Kier alpha value is -2.25. The molecule has 0 spiro atoms. The highest BCUT2D eigenvalue weighted by atomic mass is 16.8. The molecule has 19 nitrogen and oxygen atoms in total. The minimum Gasteiger partial charge on any atom is -0.394 e. The molecule has 1 amide bonds. The molecule has 3 heterocycles. The van der Waals surface area contributed by atoms with Gasteiger partial charge in [-0.1, -0.05) is 152 Å². The highest BCUT2D eigenvalue weighted by molar-refractivity contribution is 5.76. The number of rotatable bonds is 42. The Balaban J connectivity index is 1.54. The van der Waals surface area contributed by atoms with Crippen LogP contribution in [0, 0.1) is 0 Å². The Bertz CT molecular complexity index is 1600. The third-order valence-corrected chi connectivity index (χ3v) is 14.6. The zero-order valence-electron chi connectivity index (χ0n) is 46.4. The van der Waals surface area contributed by atoms with Crippen LogP contribution in [-0.4, -0.2) is 193 Å². The van der Waals surface area contributed by atoms with Crippen molar-refractivity contribution in [2.75, 3.05) is 26.4 Å². The standard InChI is InChI=1S/C58H103NO18/c1-3-5-7-9-11-13-15-17-19-20-22-23-25-27-29-31-33-35-42(63)41(59-46(64)36-34-32-30-28-26-24-21-18-16-14-12-10-8-6-4-2)40-72-56-52(70)49(67)54(44(38-61)74-56)77-58-53(71)50(68)55(45(39-62)75-58)76-57-51(69)48(66)47(65)43(37-60)73-57/h18-21,25,27,33,35,41-45,47-58,60-63,65-71H,3-17,22-24,26,28-32,34,36-40H2,1-2H3,(H,59,64)/b20-19+,21-18-,27-25+,35-33+. The molecule has 0 aromatic rings. The molecule has 17 unspecified atom stereocenters. The molecule has 3 aliphatic rings. The number of allylic oxidation sites excluding steroid dienone is 7. The van der Waals surface area contributed by atoms with Crippen molar-refractivity contribution < 1.29 is 89.4 Å². The first kappa shape index (κ1) is 69.0. The first-order chi connectivity index (χ1) is 37.3. The van der Waals surface area contributed by atoms with Gasteiger partial charge in [-0.15, -0.1) is 0 Å². The maximum atomic E-state index is 13.3. The van der Waals surface area contributed by atoms with Crippen molar-refractivity contribution in [3.05, 3.63) is 48.6 Å². The van der Waals surface area contributed by atoms with Gasteiger partial charge in [0.25, 0.3) is 0 Å². The zero-order valence-corrected chi connectivity index (χ0v) is 46.4. The largest absolute Gasteiger partial charge is 0.394 e. The molecular formula is C58H103NO18. The van der Waals surface area contributed by atoms with Gasteiger partial charge in [0.15, 0.2) is 18.9 Å². The van der Waals surface area contributed by atoms with E-state index in [4.69, 9.17) is 28.4 Å². The van der Waals surface area contributed by atoms with Crippen molar-refractivity contribution in [3.8, 4) is 0 Å². The Kier molecular flexibility index (Phi) is 37.4. The number of carbonyl (C=O) groups is 1. The lowest BCUT2D eigenvalue weighted by Gasteiger charge is -2.48. The molecule has 17 atom stereocenters. The number of ether oxygens (including phenoxy) is 6. The van der Waals surface area contributed by atoms with E-state index in [1.807, 2.05) is 6.08 Å². The van der Waals surface area contributed by atoms with E-state index in [9.17, 15) is 61.0 Å². The molecule has 448 valence electrons. The lowest BCUT2D eigenvalue weighted by Crippen LogP contribution is -2.66. The van der Waals surface area contributed by atoms with E-state index in [1.165, 1.54) is 83.5 Å². The molecule has 0 aliphatic carbocycles. The fourth-order valence-corrected chi connectivity index (χ4v) is 9.69. The molecule has 3 saturated heterocycles. The minimum atomic E-state index is -1.98. The topological polar surface area (TPSA) is 307 Å². The summed E-state index contributed by atoms with van der Waals surface area (Å²) in [7, 11) is 0. The van der Waals surface area contributed by atoms with Crippen molar-refractivity contribution in [2.24, 2.45) is 0 Å². The predicted molar refractivity (Wildman–Crippen MR) is 291 cm³/mol. The summed E-state index contributed by atoms with van der Waals surface area (Å²) >= 11 is 0. The number of nitrogens with one attached hydrogen (secondary N) is 1. The fraction of sp³-hybridized carbons (Fsp3) is 0.845. The van der Waals surface area contributed by atoms with Crippen LogP contribution < -0.4 is 5.32 Å². The highest BCUT2D eigenvalue weighted by Crippen LogP contribution is 2.33. The summed E-state index contributed by atoms with van der Waals surface area (Å²) in [5, 5.41) is 120. The molecule has 3 aliphatic heterocycles. The molecule has 77 heavy (non-hydrogen) atoms. The summed E-state index contributed by atoms with van der Waals surface area (Å²) in [5.41, 5.74) is 0. The lowest BCUT2D eigenvalue weighted by molar-refractivity contribution is -0.379. The van der Waals surface area contributed by atoms with Crippen LogP contribution >= 0.6 is 0 Å². The van der Waals surface area contributed by atoms with Crippen LogP contribution in [-0.2, 0) is 33.2 Å². The molecule has 0 bridgehead atoms. The second-order valence-corrected chi connectivity index (χ2v) is 21.1. The Morgan fingerprint density at radius 2 is 0.831 bits per heavy atom. The van der Waals surface area contributed by atoms with Crippen LogP contribution in [0.15, 0.2) is 48.6 Å². The van der Waals surface area contributed by atoms with Gasteiger partial charge in [-0.25, -0.2) is 0 Å². The van der Waals surface area contributed by atoms with E-state index in [2.05, 4.69) is 55.6 Å². The van der Waals surface area contributed by atoms with Gasteiger partial charge in [0, 0.05) is 6.42 Å². The predicted octanol–water partition coefficient (Wildman–Crippen LogP) is 4.70. The molecule has 0 aromatic heterocycles. The van der Waals surface area contributed by atoms with Crippen molar-refractivity contribution >= 4 is 5.91 Å². The number of amides is 1. The van der Waals surface area contributed by atoms with Gasteiger partial charge < -0.3 is 89.9 Å². The second-order valence-electron chi connectivity index (χ2n) is 21.1. The molecule has 3 fully saturated rings. The van der Waals surface area contributed by atoms with Crippen LogP contribution in [0.4, 0.5) is 0 Å². The number of aliphatic hydroxyl groups is 11.